The number of hydrogen-bond acceptors (Lipinski definition) is 4. The molecule has 0 spiro atoms. The van der Waals surface area contributed by atoms with Gasteiger partial charge in [-0.15, -0.1) is 0 Å². The van der Waals surface area contributed by atoms with Crippen LogP contribution in [0.2, 0.25) is 5.15 Å². The van der Waals surface area contributed by atoms with Gasteiger partial charge in [0, 0.05) is 32.2 Å². The summed E-state index contributed by atoms with van der Waals surface area (Å²) in [4.78, 5) is 10.7. The minimum Gasteiger partial charge on any atom is -0.384 e. The normalized spacial score (nSPS) is 20.4. The van der Waals surface area contributed by atoms with Crippen molar-refractivity contribution >= 4 is 17.4 Å². The molecule has 1 aromatic heterocycles. The van der Waals surface area contributed by atoms with Gasteiger partial charge < -0.3 is 9.64 Å². The zero-order valence-electron chi connectivity index (χ0n) is 9.61. The lowest BCUT2D eigenvalue weighted by molar-refractivity contribution is 0.161. The molecule has 1 aliphatic heterocycles. The molecule has 1 aliphatic rings. The third-order valence-electron chi connectivity index (χ3n) is 2.81. The Labute approximate surface area is 101 Å². The molecule has 0 unspecified atom stereocenters. The maximum absolute atomic E-state index is 5.92. The Morgan fingerprint density at radius 3 is 3.06 bits per heavy atom. The molecule has 0 aromatic carbocycles. The lowest BCUT2D eigenvalue weighted by atomic mass is 10.1. The number of ether oxygens (including phenoxy) is 1. The van der Waals surface area contributed by atoms with Crippen LogP contribution in [-0.2, 0) is 4.74 Å². The number of halogens is 1. The van der Waals surface area contributed by atoms with Crippen LogP contribution in [0, 0.1) is 12.8 Å². The van der Waals surface area contributed by atoms with E-state index >= 15 is 0 Å². The van der Waals surface area contributed by atoms with E-state index in [0.717, 1.165) is 37.8 Å². The number of anilines is 1. The molecule has 0 bridgehead atoms. The first-order valence-electron chi connectivity index (χ1n) is 5.44. The second kappa shape index (κ2) is 4.97. The van der Waals surface area contributed by atoms with Crippen molar-refractivity contribution in [1.29, 1.82) is 0 Å². The molecule has 1 aromatic rings. The van der Waals surface area contributed by atoms with E-state index in [2.05, 4.69) is 14.9 Å². The van der Waals surface area contributed by atoms with Crippen molar-refractivity contribution in [3.05, 3.63) is 17.0 Å². The summed E-state index contributed by atoms with van der Waals surface area (Å²) in [6.07, 6.45) is 1.15. The topological polar surface area (TPSA) is 38.2 Å². The van der Waals surface area contributed by atoms with Crippen LogP contribution in [0.25, 0.3) is 0 Å². The van der Waals surface area contributed by atoms with Crippen molar-refractivity contribution in [1.82, 2.24) is 9.97 Å². The SMILES string of the molecule is COC[C@@H]1CCN(c2cc(Cl)nc(C)n2)C1. The van der Waals surface area contributed by atoms with E-state index < -0.39 is 0 Å². The zero-order chi connectivity index (χ0) is 11.5. The smallest absolute Gasteiger partial charge is 0.134 e. The number of aryl methyl sites for hydroxylation is 1. The average Bonchev–Trinajstić information content (AvgIpc) is 2.65. The molecule has 0 N–H and O–H groups in total. The van der Waals surface area contributed by atoms with E-state index in [1.165, 1.54) is 0 Å². The van der Waals surface area contributed by atoms with Gasteiger partial charge in [-0.1, -0.05) is 11.6 Å². The summed E-state index contributed by atoms with van der Waals surface area (Å²) < 4.78 is 5.17. The van der Waals surface area contributed by atoms with Crippen LogP contribution in [0.5, 0.6) is 0 Å². The molecule has 5 heteroatoms. The van der Waals surface area contributed by atoms with Gasteiger partial charge in [-0.05, 0) is 13.3 Å². The van der Waals surface area contributed by atoms with Gasteiger partial charge in [0.1, 0.15) is 16.8 Å². The minimum atomic E-state index is 0.512. The lowest BCUT2D eigenvalue weighted by Crippen LogP contribution is -2.22. The van der Waals surface area contributed by atoms with Crippen LogP contribution < -0.4 is 4.90 Å². The van der Waals surface area contributed by atoms with Gasteiger partial charge in [0.15, 0.2) is 0 Å². The maximum atomic E-state index is 5.92. The molecule has 16 heavy (non-hydrogen) atoms. The van der Waals surface area contributed by atoms with Crippen LogP contribution in [0.1, 0.15) is 12.2 Å². The molecule has 0 saturated carbocycles. The highest BCUT2D eigenvalue weighted by Crippen LogP contribution is 2.23. The Kier molecular flexibility index (Phi) is 3.61. The Balaban J connectivity index is 2.08. The third kappa shape index (κ3) is 2.62. The highest BCUT2D eigenvalue weighted by atomic mass is 35.5. The minimum absolute atomic E-state index is 0.512. The monoisotopic (exact) mass is 241 g/mol. The molecule has 2 rings (SSSR count). The molecule has 0 radical (unpaired) electrons. The van der Waals surface area contributed by atoms with Crippen molar-refractivity contribution in [3.63, 3.8) is 0 Å². The number of nitrogens with zero attached hydrogens (tertiary/aromatic N) is 3. The van der Waals surface area contributed by atoms with E-state index in [9.17, 15) is 0 Å². The fraction of sp³-hybridized carbons (Fsp3) is 0.636. The lowest BCUT2D eigenvalue weighted by Gasteiger charge is -2.17. The highest BCUT2D eigenvalue weighted by Gasteiger charge is 2.23. The Bertz CT molecular complexity index is 352. The van der Waals surface area contributed by atoms with Crippen molar-refractivity contribution in [2.75, 3.05) is 31.7 Å². The van der Waals surface area contributed by atoms with Crippen molar-refractivity contribution in [3.8, 4) is 0 Å². The summed E-state index contributed by atoms with van der Waals surface area (Å²) in [6.45, 7) is 4.67. The second-order valence-electron chi connectivity index (χ2n) is 4.15. The molecule has 1 saturated heterocycles. The molecule has 88 valence electrons. The van der Waals surface area contributed by atoms with Gasteiger partial charge in [-0.2, -0.15) is 0 Å². The van der Waals surface area contributed by atoms with Crippen LogP contribution >= 0.6 is 11.6 Å². The van der Waals surface area contributed by atoms with Crippen LogP contribution in [0.4, 0.5) is 5.82 Å². The fourth-order valence-corrected chi connectivity index (χ4v) is 2.31. The van der Waals surface area contributed by atoms with Gasteiger partial charge in [-0.3, -0.25) is 0 Å². The van der Waals surface area contributed by atoms with Gasteiger partial charge in [0.2, 0.25) is 0 Å². The number of rotatable bonds is 3. The predicted octanol–water partition coefficient (Wildman–Crippen LogP) is 1.91. The summed E-state index contributed by atoms with van der Waals surface area (Å²) in [5, 5.41) is 0.512. The van der Waals surface area contributed by atoms with Crippen LogP contribution in [0.3, 0.4) is 0 Å². The maximum Gasteiger partial charge on any atom is 0.134 e. The van der Waals surface area contributed by atoms with E-state index in [0.29, 0.717) is 11.1 Å². The summed E-state index contributed by atoms with van der Waals surface area (Å²) in [5.41, 5.74) is 0. The second-order valence-corrected chi connectivity index (χ2v) is 4.54. The van der Waals surface area contributed by atoms with Crippen molar-refractivity contribution < 1.29 is 4.74 Å². The van der Waals surface area contributed by atoms with E-state index in [1.807, 2.05) is 13.0 Å². The molecular formula is C11H16ClN3O. The average molecular weight is 242 g/mol. The van der Waals surface area contributed by atoms with E-state index in [4.69, 9.17) is 16.3 Å². The fourth-order valence-electron chi connectivity index (χ4n) is 2.09. The summed E-state index contributed by atoms with van der Waals surface area (Å²) >= 11 is 5.92. The molecule has 4 nitrogen and oxygen atoms in total. The van der Waals surface area contributed by atoms with Crippen LogP contribution in [-0.4, -0.2) is 36.8 Å². The summed E-state index contributed by atoms with van der Waals surface area (Å²) in [5.74, 6) is 2.24. The number of methoxy groups -OCH3 is 1. The molecule has 2 heterocycles. The standard InChI is InChI=1S/C11H16ClN3O/c1-8-13-10(12)5-11(14-8)15-4-3-9(6-15)7-16-2/h5,9H,3-4,6-7H2,1-2H3/t9-/m1/s1. The van der Waals surface area contributed by atoms with Gasteiger partial charge >= 0.3 is 0 Å². The summed E-state index contributed by atoms with van der Waals surface area (Å²) in [6, 6.07) is 1.82. The van der Waals surface area contributed by atoms with E-state index in [1.54, 1.807) is 7.11 Å². The quantitative estimate of drug-likeness (QED) is 0.758. The Morgan fingerprint density at radius 2 is 2.38 bits per heavy atom. The first kappa shape index (κ1) is 11.6. The molecule has 1 fully saturated rings. The molecule has 0 aliphatic carbocycles. The van der Waals surface area contributed by atoms with Crippen LogP contribution in [0.15, 0.2) is 6.07 Å². The van der Waals surface area contributed by atoms with Gasteiger partial charge in [-0.25, -0.2) is 9.97 Å². The van der Waals surface area contributed by atoms with E-state index in [-0.39, 0.29) is 0 Å². The summed E-state index contributed by atoms with van der Waals surface area (Å²) in [7, 11) is 1.74. The number of aromatic nitrogens is 2. The molecule has 1 atom stereocenters. The highest BCUT2D eigenvalue weighted by molar-refractivity contribution is 6.29. The molecule has 0 amide bonds. The third-order valence-corrected chi connectivity index (χ3v) is 3.00. The van der Waals surface area contributed by atoms with Crippen molar-refractivity contribution in [2.24, 2.45) is 5.92 Å². The zero-order valence-corrected chi connectivity index (χ0v) is 10.4. The first-order chi connectivity index (χ1) is 7.69. The van der Waals surface area contributed by atoms with Gasteiger partial charge in [0.25, 0.3) is 0 Å². The largest absolute Gasteiger partial charge is 0.384 e. The predicted molar refractivity (Wildman–Crippen MR) is 64.0 cm³/mol. The Hall–Kier alpha value is -0.870. The van der Waals surface area contributed by atoms with Crippen molar-refractivity contribution in [2.45, 2.75) is 13.3 Å². The molecular weight excluding hydrogens is 226 g/mol. The first-order valence-corrected chi connectivity index (χ1v) is 5.82. The Morgan fingerprint density at radius 1 is 1.56 bits per heavy atom. The number of hydrogen-bond donors (Lipinski definition) is 0. The van der Waals surface area contributed by atoms with Gasteiger partial charge in [0.05, 0.1) is 6.61 Å².